The fraction of sp³-hybridized carbons (Fsp3) is 0.750. The van der Waals surface area contributed by atoms with Crippen LogP contribution in [0.5, 0.6) is 0 Å². The van der Waals surface area contributed by atoms with Crippen molar-refractivity contribution in [1.82, 2.24) is 10.2 Å². The van der Waals surface area contributed by atoms with Crippen molar-refractivity contribution in [3.05, 3.63) is 20.8 Å². The van der Waals surface area contributed by atoms with Gasteiger partial charge in [0.05, 0.1) is 11.5 Å². The molecule has 1 heterocycles. The van der Waals surface area contributed by atoms with Crippen LogP contribution < -0.4 is 5.32 Å². The Balaban J connectivity index is 2.77. The smallest absolute Gasteiger partial charge is 0.289 e. The molecule has 0 aromatic carbocycles. The minimum atomic E-state index is -0.291. The van der Waals surface area contributed by atoms with Crippen molar-refractivity contribution < 1.29 is 4.92 Å². The molecule has 1 aliphatic heterocycles. The highest BCUT2D eigenvalue weighted by atomic mass is 32.2. The van der Waals surface area contributed by atoms with Gasteiger partial charge in [-0.3, -0.25) is 15.0 Å². The highest BCUT2D eigenvalue weighted by molar-refractivity contribution is 8.03. The van der Waals surface area contributed by atoms with Gasteiger partial charge >= 0.3 is 0 Å². The Morgan fingerprint density at radius 1 is 1.71 bits per heavy atom. The predicted molar refractivity (Wildman–Crippen MR) is 57.7 cm³/mol. The molecule has 0 unspecified atom stereocenters. The first-order chi connectivity index (χ1) is 6.61. The Labute approximate surface area is 87.7 Å². The van der Waals surface area contributed by atoms with Gasteiger partial charge in [-0.15, -0.1) is 11.8 Å². The monoisotopic (exact) mass is 217 g/mol. The summed E-state index contributed by atoms with van der Waals surface area (Å²) < 4.78 is 0. The van der Waals surface area contributed by atoms with E-state index in [2.05, 4.69) is 5.32 Å². The number of nitro groups is 1. The standard InChI is InChI=1S/C8H15N3O2S/c1-10(2)6-7(11(12)13)8-9-4-3-5-14-8/h9H,3-6H2,1-2H3. The lowest BCUT2D eigenvalue weighted by molar-refractivity contribution is -0.428. The molecule has 0 atom stereocenters. The van der Waals surface area contributed by atoms with Gasteiger partial charge in [0, 0.05) is 12.3 Å². The largest absolute Gasteiger partial charge is 0.374 e. The molecule has 1 rings (SSSR count). The fourth-order valence-corrected chi connectivity index (χ4v) is 2.20. The van der Waals surface area contributed by atoms with E-state index in [-0.39, 0.29) is 10.6 Å². The molecule has 1 saturated heterocycles. The zero-order valence-electron chi connectivity index (χ0n) is 8.45. The number of hydrogen-bond donors (Lipinski definition) is 1. The molecule has 6 heteroatoms. The van der Waals surface area contributed by atoms with E-state index >= 15 is 0 Å². The SMILES string of the molecule is CN(C)CC(=C1NCCCS1)[N+](=O)[O-]. The minimum absolute atomic E-state index is 0.278. The number of thioether (sulfide) groups is 1. The predicted octanol–water partition coefficient (Wildman–Crippen LogP) is 0.720. The van der Waals surface area contributed by atoms with Gasteiger partial charge in [0.15, 0.2) is 0 Å². The van der Waals surface area contributed by atoms with Crippen LogP contribution in [0.2, 0.25) is 0 Å². The van der Waals surface area contributed by atoms with E-state index in [9.17, 15) is 10.1 Å². The molecule has 14 heavy (non-hydrogen) atoms. The van der Waals surface area contributed by atoms with Crippen LogP contribution in [-0.2, 0) is 0 Å². The van der Waals surface area contributed by atoms with Crippen LogP contribution in [0.3, 0.4) is 0 Å². The summed E-state index contributed by atoms with van der Waals surface area (Å²) in [6.45, 7) is 1.22. The van der Waals surface area contributed by atoms with Crippen LogP contribution in [0.25, 0.3) is 0 Å². The van der Waals surface area contributed by atoms with Gasteiger partial charge in [0.2, 0.25) is 0 Å². The lowest BCUT2D eigenvalue weighted by atomic mass is 10.4. The highest BCUT2D eigenvalue weighted by Crippen LogP contribution is 2.22. The normalized spacial score (nSPS) is 20.5. The van der Waals surface area contributed by atoms with E-state index < -0.39 is 0 Å². The van der Waals surface area contributed by atoms with Crippen molar-refractivity contribution in [3.8, 4) is 0 Å². The summed E-state index contributed by atoms with van der Waals surface area (Å²) in [5.41, 5.74) is 0.278. The molecule has 0 radical (unpaired) electrons. The topological polar surface area (TPSA) is 58.4 Å². The number of nitrogens with one attached hydrogen (secondary N) is 1. The summed E-state index contributed by atoms with van der Waals surface area (Å²) >= 11 is 1.54. The van der Waals surface area contributed by atoms with Crippen molar-refractivity contribution in [3.63, 3.8) is 0 Å². The van der Waals surface area contributed by atoms with Gasteiger partial charge in [-0.1, -0.05) is 0 Å². The maximum atomic E-state index is 10.8. The summed E-state index contributed by atoms with van der Waals surface area (Å²) in [4.78, 5) is 12.3. The van der Waals surface area contributed by atoms with Crippen LogP contribution in [0, 0.1) is 10.1 Å². The van der Waals surface area contributed by atoms with E-state index in [4.69, 9.17) is 0 Å². The van der Waals surface area contributed by atoms with Crippen LogP contribution >= 0.6 is 11.8 Å². The quantitative estimate of drug-likeness (QED) is 0.557. The summed E-state index contributed by atoms with van der Waals surface area (Å²) in [7, 11) is 3.66. The maximum Gasteiger partial charge on any atom is 0.289 e. The third-order valence-corrected chi connectivity index (χ3v) is 2.96. The van der Waals surface area contributed by atoms with Crippen LogP contribution in [-0.4, -0.2) is 42.8 Å². The molecular formula is C8H15N3O2S. The average Bonchev–Trinajstić information content (AvgIpc) is 2.15. The Bertz CT molecular complexity index is 245. The van der Waals surface area contributed by atoms with E-state index in [0.717, 1.165) is 23.7 Å². The number of rotatable bonds is 3. The summed E-state index contributed by atoms with van der Waals surface area (Å²) in [5.74, 6) is 0.965. The van der Waals surface area contributed by atoms with Crippen molar-refractivity contribution in [2.45, 2.75) is 6.42 Å². The van der Waals surface area contributed by atoms with Gasteiger partial charge in [0.1, 0.15) is 5.03 Å². The lowest BCUT2D eigenvalue weighted by Crippen LogP contribution is -2.27. The van der Waals surface area contributed by atoms with E-state index in [0.29, 0.717) is 6.54 Å². The molecule has 0 amide bonds. The number of likely N-dealkylation sites (N-methyl/N-ethyl adjacent to an activating group) is 1. The minimum Gasteiger partial charge on any atom is -0.374 e. The lowest BCUT2D eigenvalue weighted by Gasteiger charge is -2.17. The van der Waals surface area contributed by atoms with E-state index in [1.54, 1.807) is 11.8 Å². The maximum absolute atomic E-state index is 10.8. The molecule has 0 spiro atoms. The first kappa shape index (κ1) is 11.3. The first-order valence-electron chi connectivity index (χ1n) is 4.50. The Hall–Kier alpha value is -0.750. The Morgan fingerprint density at radius 3 is 2.86 bits per heavy atom. The molecule has 0 saturated carbocycles. The van der Waals surface area contributed by atoms with Crippen LogP contribution in [0.15, 0.2) is 10.7 Å². The van der Waals surface area contributed by atoms with Crippen LogP contribution in [0.4, 0.5) is 0 Å². The van der Waals surface area contributed by atoms with Crippen molar-refractivity contribution in [2.75, 3.05) is 32.9 Å². The van der Waals surface area contributed by atoms with E-state index in [1.807, 2.05) is 19.0 Å². The molecule has 1 fully saturated rings. The van der Waals surface area contributed by atoms with Crippen molar-refractivity contribution in [2.24, 2.45) is 0 Å². The molecule has 1 aliphatic rings. The molecule has 0 aromatic heterocycles. The van der Waals surface area contributed by atoms with Gasteiger partial charge < -0.3 is 5.32 Å². The average molecular weight is 217 g/mol. The second-order valence-corrected chi connectivity index (χ2v) is 4.50. The van der Waals surface area contributed by atoms with Gasteiger partial charge in [-0.25, -0.2) is 0 Å². The van der Waals surface area contributed by atoms with E-state index in [1.165, 1.54) is 0 Å². The summed E-state index contributed by atoms with van der Waals surface area (Å²) in [6, 6.07) is 0. The molecule has 1 N–H and O–H groups in total. The zero-order chi connectivity index (χ0) is 10.6. The second-order valence-electron chi connectivity index (χ2n) is 3.40. The Morgan fingerprint density at radius 2 is 2.43 bits per heavy atom. The molecular weight excluding hydrogens is 202 g/mol. The zero-order valence-corrected chi connectivity index (χ0v) is 9.26. The first-order valence-corrected chi connectivity index (χ1v) is 5.48. The molecule has 0 aromatic rings. The third-order valence-electron chi connectivity index (χ3n) is 1.80. The Kier molecular flexibility index (Phi) is 4.21. The fourth-order valence-electron chi connectivity index (χ4n) is 1.20. The third kappa shape index (κ3) is 3.19. The molecule has 80 valence electrons. The second kappa shape index (κ2) is 5.21. The highest BCUT2D eigenvalue weighted by Gasteiger charge is 2.21. The summed E-state index contributed by atoms with van der Waals surface area (Å²) in [6.07, 6.45) is 1.07. The molecule has 5 nitrogen and oxygen atoms in total. The number of hydrogen-bond acceptors (Lipinski definition) is 5. The van der Waals surface area contributed by atoms with Crippen molar-refractivity contribution in [1.29, 1.82) is 0 Å². The summed E-state index contributed by atoms with van der Waals surface area (Å²) in [5, 5.41) is 14.6. The molecule has 0 bridgehead atoms. The van der Waals surface area contributed by atoms with Gasteiger partial charge in [-0.05, 0) is 20.5 Å². The van der Waals surface area contributed by atoms with Crippen molar-refractivity contribution >= 4 is 11.8 Å². The van der Waals surface area contributed by atoms with Gasteiger partial charge in [-0.2, -0.15) is 0 Å². The number of nitrogens with zero attached hydrogens (tertiary/aromatic N) is 2. The molecule has 0 aliphatic carbocycles. The van der Waals surface area contributed by atoms with Gasteiger partial charge in [0.25, 0.3) is 5.70 Å². The van der Waals surface area contributed by atoms with Crippen LogP contribution in [0.1, 0.15) is 6.42 Å².